The fourth-order valence-corrected chi connectivity index (χ4v) is 20.7. The van der Waals surface area contributed by atoms with Gasteiger partial charge in [-0.15, -0.1) is 0 Å². The van der Waals surface area contributed by atoms with Crippen LogP contribution in [-0.4, -0.2) is 0 Å². The normalized spacial score (nSPS) is 12.7. The van der Waals surface area contributed by atoms with Gasteiger partial charge in [0, 0.05) is 21.7 Å². The summed E-state index contributed by atoms with van der Waals surface area (Å²) in [7, 11) is 0. The molecule has 144 heavy (non-hydrogen) atoms. The van der Waals surface area contributed by atoms with Crippen LogP contribution in [0, 0.1) is 55.4 Å². The van der Waals surface area contributed by atoms with Crippen LogP contribution in [0.4, 0.5) is 0 Å². The number of ether oxygens (including phenoxy) is 4. The number of hydrogen-bond acceptors (Lipinski definition) is 4. The van der Waals surface area contributed by atoms with Crippen molar-refractivity contribution in [2.45, 2.75) is 132 Å². The van der Waals surface area contributed by atoms with Gasteiger partial charge < -0.3 is 18.9 Å². The highest BCUT2D eigenvalue weighted by Crippen LogP contribution is 2.54. The van der Waals surface area contributed by atoms with Gasteiger partial charge in [-0.3, -0.25) is 0 Å². The van der Waals surface area contributed by atoms with Gasteiger partial charge in [-0.05, 0) is 313 Å². The summed E-state index contributed by atoms with van der Waals surface area (Å²) < 4.78 is 23.6. The molecule has 20 aromatic carbocycles. The van der Waals surface area contributed by atoms with Crippen molar-refractivity contribution in [3.05, 3.63) is 574 Å². The lowest BCUT2D eigenvalue weighted by molar-refractivity contribution is 0.479. The maximum atomic E-state index is 5.97. The van der Waals surface area contributed by atoms with E-state index in [1.165, 1.54) is 167 Å². The Morgan fingerprint density at radius 1 is 0.153 bits per heavy atom. The Morgan fingerprint density at radius 2 is 0.521 bits per heavy atom. The van der Waals surface area contributed by atoms with Crippen molar-refractivity contribution in [3.8, 4) is 135 Å². The number of fused-ring (bicyclic) bond motifs is 12. The maximum Gasteiger partial charge on any atom is 0.130 e. The lowest BCUT2D eigenvalue weighted by atomic mass is 9.80. The minimum absolute atomic E-state index is 0.150. The second kappa shape index (κ2) is 44.6. The van der Waals surface area contributed by atoms with E-state index in [-0.39, 0.29) is 21.7 Å². The SMILES string of the molecule is Cc1c(Oc2ccccc2)cccc1-c1ccccc1.Cc1cc(-c2ccccc2)ccc1Oc1ccccc1.Cc1cc(Oc2ccccc2)cc(-c2ccccc2)c1.Cc1cc(Oc2ccccc2)ccc1-c1ccccc1.Cc1ccc2c(c1)-c1ccccc1C2(C)C.Cc1ccc2c(c1)C(C)(C)c1ccccc1-2.Cc1cccc2c1-c1ccccc1C2(C)C.Cc1cccc2c1C(C)(C)c1ccccc1-2. The van der Waals surface area contributed by atoms with E-state index in [1.807, 2.05) is 170 Å². The fourth-order valence-electron chi connectivity index (χ4n) is 20.7. The molecule has 4 aliphatic rings. The molecular weight excluding hydrogens is 1750 g/mol. The first-order chi connectivity index (χ1) is 69.8. The molecule has 0 bridgehead atoms. The molecule has 4 aliphatic carbocycles. The van der Waals surface area contributed by atoms with Gasteiger partial charge in [-0.2, -0.15) is 0 Å². The third kappa shape index (κ3) is 22.6. The van der Waals surface area contributed by atoms with Crippen molar-refractivity contribution in [2.75, 3.05) is 0 Å². The van der Waals surface area contributed by atoms with Crippen LogP contribution >= 0.6 is 0 Å². The summed E-state index contributed by atoms with van der Waals surface area (Å²) in [6.07, 6.45) is 0. The summed E-state index contributed by atoms with van der Waals surface area (Å²) in [5, 5.41) is 0. The standard InChI is InChI=1S/4C19H16O.4C16H16/c1-15-18(16-9-4-2-5-10-16)13-8-14-19(15)20-17-11-6-3-7-12-17;1-15-12-17(16-8-4-2-5-9-16)14-19(13-15)20-18-10-6-3-7-11-18;1-15-14-17(16-8-4-2-5-9-16)12-13-19(15)20-18-10-6-3-7-11-18;1-15-14-18(20-17-10-6-3-7-11-17)12-13-19(15)16-8-4-2-5-9-16;1-11-7-6-9-13-12-8-4-5-10-14(12)16(2,3)15(11)13;1-11-7-6-10-14-15(11)12-8-4-5-9-13(12)16(14,2)3;1-11-8-9-15-13(10-11)12-6-4-5-7-14(12)16(15,2)3;1-11-8-9-13-12-6-4-5-7-14(12)16(2,3)15(13)10-11/h4*2-14H,1H3;4*4-10H,1-3H3. The highest BCUT2D eigenvalue weighted by atomic mass is 16.5. The van der Waals surface area contributed by atoms with Crippen molar-refractivity contribution in [1.29, 1.82) is 0 Å². The molecule has 0 saturated heterocycles. The van der Waals surface area contributed by atoms with Crippen molar-refractivity contribution >= 4 is 0 Å². The molecule has 20 aromatic rings. The average Bonchev–Trinajstić information content (AvgIpc) is 1.59. The van der Waals surface area contributed by atoms with Crippen LogP contribution in [0.3, 0.4) is 0 Å². The predicted octanol–water partition coefficient (Wildman–Crippen LogP) is 39.0. The minimum Gasteiger partial charge on any atom is -0.457 e. The van der Waals surface area contributed by atoms with Gasteiger partial charge in [0.25, 0.3) is 0 Å². The molecule has 0 amide bonds. The first-order valence-electron chi connectivity index (χ1n) is 50.1. The van der Waals surface area contributed by atoms with Gasteiger partial charge in [0.2, 0.25) is 0 Å². The summed E-state index contributed by atoms with van der Waals surface area (Å²) in [6, 6.07) is 168. The van der Waals surface area contributed by atoms with E-state index in [0.29, 0.717) is 0 Å². The molecule has 0 N–H and O–H groups in total. The fraction of sp³-hybridized carbons (Fsp3) is 0.143. The molecule has 0 radical (unpaired) electrons. The molecule has 0 saturated carbocycles. The Bertz CT molecular complexity index is 7760. The molecule has 4 heteroatoms. The summed E-state index contributed by atoms with van der Waals surface area (Å²) in [6.45, 7) is 35.7. The van der Waals surface area contributed by atoms with Crippen LogP contribution in [0.5, 0.6) is 46.0 Å². The van der Waals surface area contributed by atoms with E-state index in [4.69, 9.17) is 18.9 Å². The topological polar surface area (TPSA) is 36.9 Å². The van der Waals surface area contributed by atoms with Crippen LogP contribution in [0.2, 0.25) is 0 Å². The van der Waals surface area contributed by atoms with E-state index >= 15 is 0 Å². The van der Waals surface area contributed by atoms with Crippen molar-refractivity contribution in [2.24, 2.45) is 0 Å². The average molecular weight is 1870 g/mol. The Kier molecular flexibility index (Phi) is 30.7. The molecule has 0 aliphatic heterocycles. The summed E-state index contributed by atoms with van der Waals surface area (Å²) in [5.41, 5.74) is 43.5. The highest BCUT2D eigenvalue weighted by molar-refractivity contribution is 5.86. The van der Waals surface area contributed by atoms with Crippen LogP contribution in [0.25, 0.3) is 89.0 Å². The first-order valence-corrected chi connectivity index (χ1v) is 50.1. The van der Waals surface area contributed by atoms with Crippen molar-refractivity contribution < 1.29 is 18.9 Å². The van der Waals surface area contributed by atoms with Crippen LogP contribution < -0.4 is 18.9 Å². The molecule has 0 heterocycles. The minimum atomic E-state index is 0.150. The molecule has 4 nitrogen and oxygen atoms in total. The molecule has 24 rings (SSSR count). The number of rotatable bonds is 12. The molecule has 0 spiro atoms. The lowest BCUT2D eigenvalue weighted by Crippen LogP contribution is -2.16. The molecule has 0 atom stereocenters. The quantitative estimate of drug-likeness (QED) is 0.122. The predicted molar refractivity (Wildman–Crippen MR) is 607 cm³/mol. The third-order valence-electron chi connectivity index (χ3n) is 28.1. The molecule has 712 valence electrons. The number of hydrogen-bond donors (Lipinski definition) is 0. The van der Waals surface area contributed by atoms with Gasteiger partial charge in [-0.25, -0.2) is 0 Å². The van der Waals surface area contributed by atoms with E-state index < -0.39 is 0 Å². The van der Waals surface area contributed by atoms with Gasteiger partial charge >= 0.3 is 0 Å². The smallest absolute Gasteiger partial charge is 0.130 e. The Morgan fingerprint density at radius 3 is 1.06 bits per heavy atom. The van der Waals surface area contributed by atoms with Crippen LogP contribution in [0.15, 0.2) is 485 Å². The third-order valence-corrected chi connectivity index (χ3v) is 28.1. The molecule has 0 fully saturated rings. The van der Waals surface area contributed by atoms with E-state index in [1.54, 1.807) is 0 Å². The lowest BCUT2D eigenvalue weighted by Gasteiger charge is -2.23. The second-order valence-electron chi connectivity index (χ2n) is 39.8. The monoisotopic (exact) mass is 1870 g/mol. The first kappa shape index (κ1) is 99.2. The number of benzene rings is 20. The molecular formula is C140H128O4. The molecule has 0 aromatic heterocycles. The summed E-state index contributed by atoms with van der Waals surface area (Å²) in [4.78, 5) is 0. The van der Waals surface area contributed by atoms with Gasteiger partial charge in [-0.1, -0.05) is 461 Å². The second-order valence-corrected chi connectivity index (χ2v) is 39.8. The number of para-hydroxylation sites is 4. The van der Waals surface area contributed by atoms with Crippen molar-refractivity contribution in [3.63, 3.8) is 0 Å². The van der Waals surface area contributed by atoms with Crippen molar-refractivity contribution in [1.82, 2.24) is 0 Å². The summed E-state index contributed by atoms with van der Waals surface area (Å²) >= 11 is 0. The maximum absolute atomic E-state index is 5.97. The highest BCUT2D eigenvalue weighted by Gasteiger charge is 2.39. The van der Waals surface area contributed by atoms with Gasteiger partial charge in [0.1, 0.15) is 46.0 Å². The Balaban J connectivity index is 0.000000113. The summed E-state index contributed by atoms with van der Waals surface area (Å²) in [5.74, 6) is 6.98. The van der Waals surface area contributed by atoms with E-state index in [9.17, 15) is 0 Å². The largest absolute Gasteiger partial charge is 0.457 e. The zero-order chi connectivity index (χ0) is 100. The Hall–Kier alpha value is -16.4. The Labute approximate surface area is 854 Å². The number of aryl methyl sites for hydroxylation is 7. The molecule has 0 unspecified atom stereocenters. The zero-order valence-electron chi connectivity index (χ0n) is 85.8. The van der Waals surface area contributed by atoms with Gasteiger partial charge in [0.15, 0.2) is 0 Å². The zero-order valence-corrected chi connectivity index (χ0v) is 85.8. The van der Waals surface area contributed by atoms with E-state index in [2.05, 4.69) is 426 Å². The van der Waals surface area contributed by atoms with E-state index in [0.717, 1.165) is 57.1 Å². The van der Waals surface area contributed by atoms with Gasteiger partial charge in [0.05, 0.1) is 0 Å². The van der Waals surface area contributed by atoms with Crippen LogP contribution in [0.1, 0.15) is 144 Å². The van der Waals surface area contributed by atoms with Crippen LogP contribution in [-0.2, 0) is 21.7 Å².